The van der Waals surface area contributed by atoms with Crippen molar-refractivity contribution < 1.29 is 28.0 Å². The van der Waals surface area contributed by atoms with Crippen LogP contribution in [0, 0.1) is 0 Å². The van der Waals surface area contributed by atoms with Crippen molar-refractivity contribution in [2.24, 2.45) is 5.10 Å². The van der Waals surface area contributed by atoms with E-state index in [2.05, 4.69) is 10.4 Å². The van der Waals surface area contributed by atoms with E-state index < -0.39 is 37.0 Å². The molecule has 0 saturated heterocycles. The van der Waals surface area contributed by atoms with Crippen molar-refractivity contribution in [2.45, 2.75) is 12.5 Å². The second-order valence-electron chi connectivity index (χ2n) is 6.97. The smallest absolute Gasteiger partial charge is 0.325 e. The van der Waals surface area contributed by atoms with E-state index in [1.807, 2.05) is 0 Å². The molecule has 11 heteroatoms. The number of furan rings is 2. The minimum Gasteiger partial charge on any atom is -0.467 e. The quantitative estimate of drug-likeness (QED) is 0.504. The fourth-order valence-corrected chi connectivity index (χ4v) is 3.71. The second-order valence-corrected chi connectivity index (χ2v) is 7.81. The third kappa shape index (κ3) is 5.27. The van der Waals surface area contributed by atoms with Gasteiger partial charge in [-0.1, -0.05) is 23.2 Å². The van der Waals surface area contributed by atoms with Crippen molar-refractivity contribution in [3.8, 4) is 0 Å². The molecule has 0 radical (unpaired) electrons. The van der Waals surface area contributed by atoms with Crippen LogP contribution in [-0.2, 0) is 14.3 Å². The third-order valence-electron chi connectivity index (χ3n) is 4.77. The van der Waals surface area contributed by atoms with Crippen LogP contribution in [0.1, 0.15) is 34.3 Å². The van der Waals surface area contributed by atoms with E-state index >= 15 is 0 Å². The molecule has 2 aromatic heterocycles. The minimum atomic E-state index is -0.800. The summed E-state index contributed by atoms with van der Waals surface area (Å²) in [4.78, 5) is 37.0. The van der Waals surface area contributed by atoms with Gasteiger partial charge >= 0.3 is 5.97 Å². The van der Waals surface area contributed by atoms with Gasteiger partial charge in [-0.2, -0.15) is 5.10 Å². The van der Waals surface area contributed by atoms with Crippen LogP contribution in [0.3, 0.4) is 0 Å². The van der Waals surface area contributed by atoms with Gasteiger partial charge in [0, 0.05) is 11.4 Å². The van der Waals surface area contributed by atoms with Gasteiger partial charge in [0.2, 0.25) is 0 Å². The van der Waals surface area contributed by atoms with Crippen LogP contribution in [0.15, 0.2) is 68.9 Å². The predicted molar refractivity (Wildman–Crippen MR) is 118 cm³/mol. The van der Waals surface area contributed by atoms with Gasteiger partial charge < -0.3 is 18.9 Å². The molecule has 0 aliphatic carbocycles. The summed E-state index contributed by atoms with van der Waals surface area (Å²) in [6, 6.07) is 10.7. The van der Waals surface area contributed by atoms with Crippen LogP contribution >= 0.6 is 23.2 Å². The highest BCUT2D eigenvalue weighted by atomic mass is 35.5. The molecule has 33 heavy (non-hydrogen) atoms. The summed E-state index contributed by atoms with van der Waals surface area (Å²) < 4.78 is 15.8. The number of rotatable bonds is 7. The number of hydrogen-bond donors (Lipinski definition) is 1. The van der Waals surface area contributed by atoms with E-state index in [9.17, 15) is 14.4 Å². The first-order chi connectivity index (χ1) is 15.9. The van der Waals surface area contributed by atoms with Crippen LogP contribution < -0.4 is 5.32 Å². The lowest BCUT2D eigenvalue weighted by Gasteiger charge is -2.19. The van der Waals surface area contributed by atoms with Gasteiger partial charge in [-0.25, -0.2) is 5.01 Å². The van der Waals surface area contributed by atoms with E-state index in [0.717, 1.165) is 0 Å². The third-order valence-corrected chi connectivity index (χ3v) is 5.32. The molecule has 1 atom stereocenters. The van der Waals surface area contributed by atoms with E-state index in [0.29, 0.717) is 28.7 Å². The Morgan fingerprint density at radius 1 is 1.12 bits per heavy atom. The highest BCUT2D eigenvalue weighted by Crippen LogP contribution is 2.33. The Hall–Kier alpha value is -3.56. The van der Waals surface area contributed by atoms with E-state index in [-0.39, 0.29) is 10.6 Å². The second kappa shape index (κ2) is 9.93. The van der Waals surface area contributed by atoms with Crippen LogP contribution in [0.4, 0.5) is 0 Å². The molecule has 3 heterocycles. The highest BCUT2D eigenvalue weighted by Gasteiger charge is 2.36. The molecule has 4 rings (SSSR count). The maximum absolute atomic E-state index is 12.8. The Morgan fingerprint density at radius 3 is 2.61 bits per heavy atom. The zero-order valence-electron chi connectivity index (χ0n) is 17.0. The first-order valence-electron chi connectivity index (χ1n) is 9.78. The van der Waals surface area contributed by atoms with Gasteiger partial charge in [0.15, 0.2) is 6.61 Å². The van der Waals surface area contributed by atoms with Crippen LogP contribution in [0.5, 0.6) is 0 Å². The number of esters is 1. The normalized spacial score (nSPS) is 15.3. The topological polar surface area (TPSA) is 114 Å². The molecule has 3 aromatic rings. The highest BCUT2D eigenvalue weighted by molar-refractivity contribution is 6.36. The summed E-state index contributed by atoms with van der Waals surface area (Å²) in [6.07, 6.45) is 3.38. The summed E-state index contributed by atoms with van der Waals surface area (Å²) in [5, 5.41) is 8.45. The molecule has 1 N–H and O–H groups in total. The van der Waals surface area contributed by atoms with Crippen molar-refractivity contribution in [3.63, 3.8) is 0 Å². The van der Waals surface area contributed by atoms with E-state index in [1.54, 1.807) is 24.3 Å². The monoisotopic (exact) mass is 489 g/mol. The first kappa shape index (κ1) is 22.6. The SMILES string of the molecule is O=C(CNC(=O)c1ccc(Cl)cc1Cl)OCC(=O)N1N=C(c2ccco2)CC1c1ccco1. The molecule has 0 fully saturated rings. The van der Waals surface area contributed by atoms with E-state index in [4.69, 9.17) is 36.8 Å². The Labute approximate surface area is 197 Å². The lowest BCUT2D eigenvalue weighted by Crippen LogP contribution is -2.34. The van der Waals surface area contributed by atoms with Crippen molar-refractivity contribution in [3.05, 3.63) is 82.1 Å². The zero-order chi connectivity index (χ0) is 23.4. The molecule has 2 amide bonds. The summed E-state index contributed by atoms with van der Waals surface area (Å²) >= 11 is 11.8. The average Bonchev–Trinajstić information content (AvgIpc) is 3.56. The first-order valence-corrected chi connectivity index (χ1v) is 10.5. The molecule has 1 unspecified atom stereocenters. The van der Waals surface area contributed by atoms with Crippen LogP contribution in [0.25, 0.3) is 0 Å². The maximum Gasteiger partial charge on any atom is 0.325 e. The van der Waals surface area contributed by atoms with Gasteiger partial charge in [-0.15, -0.1) is 0 Å². The number of carbonyl (C=O) groups excluding carboxylic acids is 3. The molecule has 0 spiro atoms. The van der Waals surface area contributed by atoms with Gasteiger partial charge in [-0.3, -0.25) is 14.4 Å². The Morgan fingerprint density at radius 2 is 1.91 bits per heavy atom. The molecule has 0 bridgehead atoms. The number of amides is 2. The molecule has 9 nitrogen and oxygen atoms in total. The summed E-state index contributed by atoms with van der Waals surface area (Å²) in [6.45, 7) is -1.02. The van der Waals surface area contributed by atoms with Gasteiger partial charge in [0.1, 0.15) is 29.8 Å². The number of benzene rings is 1. The number of hydrazone groups is 1. The minimum absolute atomic E-state index is 0.145. The van der Waals surface area contributed by atoms with Crippen molar-refractivity contribution >= 4 is 46.7 Å². The number of carbonyl (C=O) groups is 3. The molecule has 0 saturated carbocycles. The lowest BCUT2D eigenvalue weighted by molar-refractivity contribution is -0.152. The summed E-state index contributed by atoms with van der Waals surface area (Å²) in [7, 11) is 0. The molecule has 1 aromatic carbocycles. The van der Waals surface area contributed by atoms with Crippen LogP contribution in [-0.4, -0.2) is 41.7 Å². The number of nitrogens with one attached hydrogen (secondary N) is 1. The molecule has 1 aliphatic rings. The fourth-order valence-electron chi connectivity index (χ4n) is 3.22. The zero-order valence-corrected chi connectivity index (χ0v) is 18.5. The van der Waals surface area contributed by atoms with Crippen molar-refractivity contribution in [1.29, 1.82) is 0 Å². The summed E-state index contributed by atoms with van der Waals surface area (Å²) in [5.41, 5.74) is 0.719. The molecular formula is C22H17Cl2N3O6. The Kier molecular flexibility index (Phi) is 6.81. The van der Waals surface area contributed by atoms with Crippen molar-refractivity contribution in [1.82, 2.24) is 10.3 Å². The van der Waals surface area contributed by atoms with Gasteiger partial charge in [-0.05, 0) is 42.5 Å². The van der Waals surface area contributed by atoms with Gasteiger partial charge in [0.25, 0.3) is 11.8 Å². The average molecular weight is 490 g/mol. The fraction of sp³-hybridized carbons (Fsp3) is 0.182. The maximum atomic E-state index is 12.8. The molecule has 170 valence electrons. The summed E-state index contributed by atoms with van der Waals surface area (Å²) in [5.74, 6) is -0.872. The van der Waals surface area contributed by atoms with Gasteiger partial charge in [0.05, 0.1) is 23.1 Å². The predicted octanol–water partition coefficient (Wildman–Crippen LogP) is 3.83. The number of hydrogen-bond acceptors (Lipinski definition) is 7. The number of ether oxygens (including phenoxy) is 1. The molecular weight excluding hydrogens is 473 g/mol. The number of halogens is 2. The Balaban J connectivity index is 1.34. The Bertz CT molecular complexity index is 1190. The van der Waals surface area contributed by atoms with E-state index in [1.165, 1.54) is 35.7 Å². The largest absolute Gasteiger partial charge is 0.467 e. The lowest BCUT2D eigenvalue weighted by atomic mass is 10.1. The van der Waals surface area contributed by atoms with Crippen LogP contribution in [0.2, 0.25) is 10.0 Å². The molecule has 1 aliphatic heterocycles. The van der Waals surface area contributed by atoms with Crippen molar-refractivity contribution in [2.75, 3.05) is 13.2 Å². The number of nitrogens with zero attached hydrogens (tertiary/aromatic N) is 2. The standard InChI is InChI=1S/C22H17Cl2N3O6/c23-13-5-6-14(15(24)9-13)22(30)25-11-21(29)33-12-20(28)27-17(19-4-2-8-32-19)10-16(26-27)18-3-1-7-31-18/h1-9,17H,10-12H2,(H,25,30).